The number of halogens is 1. The molecule has 2 N–H and O–H groups in total. The molecule has 2 aromatic rings. The molecule has 22 heavy (non-hydrogen) atoms. The van der Waals surface area contributed by atoms with Gasteiger partial charge in [0.1, 0.15) is 5.82 Å². The summed E-state index contributed by atoms with van der Waals surface area (Å²) in [7, 11) is 0. The first-order valence-electron chi connectivity index (χ1n) is 7.40. The van der Waals surface area contributed by atoms with E-state index < -0.39 is 0 Å². The number of hydrogen-bond acceptors (Lipinski definition) is 1. The van der Waals surface area contributed by atoms with E-state index in [9.17, 15) is 9.18 Å². The maximum absolute atomic E-state index is 12.8. The second-order valence-corrected chi connectivity index (χ2v) is 5.35. The first-order valence-corrected chi connectivity index (χ1v) is 7.40. The zero-order valence-corrected chi connectivity index (χ0v) is 12.9. The van der Waals surface area contributed by atoms with Gasteiger partial charge in [-0.05, 0) is 49.1 Å². The molecule has 0 fully saturated rings. The minimum Gasteiger partial charge on any atom is -0.338 e. The molecule has 0 saturated heterocycles. The van der Waals surface area contributed by atoms with Crippen LogP contribution in [0.25, 0.3) is 0 Å². The standard InChI is InChI=1S/C18H21FN2O/c1-13-5-3-4-6-17(13)14(2)21-18(22)20-12-11-15-7-9-16(19)10-8-15/h3-10,14H,11-12H2,1-2H3,(H2,20,21,22)/t14-/m0/s1. The summed E-state index contributed by atoms with van der Waals surface area (Å²) in [6, 6.07) is 14.0. The van der Waals surface area contributed by atoms with Crippen molar-refractivity contribution in [2.75, 3.05) is 6.54 Å². The molecular weight excluding hydrogens is 279 g/mol. The Kier molecular flexibility index (Phi) is 5.53. The van der Waals surface area contributed by atoms with Crippen LogP contribution in [-0.2, 0) is 6.42 Å². The van der Waals surface area contributed by atoms with Crippen molar-refractivity contribution < 1.29 is 9.18 Å². The molecule has 3 nitrogen and oxygen atoms in total. The van der Waals surface area contributed by atoms with Gasteiger partial charge in [0.05, 0.1) is 6.04 Å². The summed E-state index contributed by atoms with van der Waals surface area (Å²) in [6.45, 7) is 4.50. The number of nitrogens with one attached hydrogen (secondary N) is 2. The van der Waals surface area contributed by atoms with Crippen LogP contribution in [0.3, 0.4) is 0 Å². The fraction of sp³-hybridized carbons (Fsp3) is 0.278. The van der Waals surface area contributed by atoms with Crippen LogP contribution in [0.5, 0.6) is 0 Å². The van der Waals surface area contributed by atoms with Crippen LogP contribution in [0.1, 0.15) is 29.7 Å². The molecule has 0 radical (unpaired) electrons. The molecule has 0 aromatic heterocycles. The second kappa shape index (κ2) is 7.59. The van der Waals surface area contributed by atoms with Gasteiger partial charge in [0.2, 0.25) is 0 Å². The van der Waals surface area contributed by atoms with E-state index in [-0.39, 0.29) is 17.9 Å². The van der Waals surface area contributed by atoms with Crippen molar-refractivity contribution in [3.8, 4) is 0 Å². The molecule has 0 aliphatic heterocycles. The minimum absolute atomic E-state index is 0.0491. The van der Waals surface area contributed by atoms with Crippen molar-refractivity contribution in [1.29, 1.82) is 0 Å². The normalized spacial score (nSPS) is 11.8. The highest BCUT2D eigenvalue weighted by atomic mass is 19.1. The molecule has 116 valence electrons. The number of hydrogen-bond donors (Lipinski definition) is 2. The van der Waals surface area contributed by atoms with Crippen LogP contribution >= 0.6 is 0 Å². The highest BCUT2D eigenvalue weighted by molar-refractivity contribution is 5.74. The topological polar surface area (TPSA) is 41.1 Å². The first-order chi connectivity index (χ1) is 10.6. The maximum atomic E-state index is 12.8. The van der Waals surface area contributed by atoms with E-state index >= 15 is 0 Å². The van der Waals surface area contributed by atoms with Gasteiger partial charge in [0.25, 0.3) is 0 Å². The van der Waals surface area contributed by atoms with Gasteiger partial charge >= 0.3 is 6.03 Å². The average molecular weight is 300 g/mol. The Balaban J connectivity index is 1.78. The Morgan fingerprint density at radius 3 is 2.50 bits per heavy atom. The number of carbonyl (C=O) groups is 1. The quantitative estimate of drug-likeness (QED) is 0.868. The van der Waals surface area contributed by atoms with E-state index in [0.717, 1.165) is 16.7 Å². The second-order valence-electron chi connectivity index (χ2n) is 5.35. The largest absolute Gasteiger partial charge is 0.338 e. The molecule has 4 heteroatoms. The molecular formula is C18H21FN2O. The molecule has 2 aromatic carbocycles. The van der Waals surface area contributed by atoms with E-state index in [1.165, 1.54) is 12.1 Å². The van der Waals surface area contributed by atoms with Gasteiger partial charge in [0.15, 0.2) is 0 Å². The molecule has 0 aliphatic rings. The number of amides is 2. The third-order valence-electron chi connectivity index (χ3n) is 3.62. The maximum Gasteiger partial charge on any atom is 0.315 e. The predicted octanol–water partition coefficient (Wildman–Crippen LogP) is 3.74. The van der Waals surface area contributed by atoms with Crippen molar-refractivity contribution in [3.63, 3.8) is 0 Å². The lowest BCUT2D eigenvalue weighted by Gasteiger charge is -2.17. The van der Waals surface area contributed by atoms with Crippen LogP contribution in [0.15, 0.2) is 48.5 Å². The smallest absolute Gasteiger partial charge is 0.315 e. The number of carbonyl (C=O) groups excluding carboxylic acids is 1. The monoisotopic (exact) mass is 300 g/mol. The molecule has 0 unspecified atom stereocenters. The van der Waals surface area contributed by atoms with Crippen LogP contribution in [0, 0.1) is 12.7 Å². The lowest BCUT2D eigenvalue weighted by Crippen LogP contribution is -2.38. The third kappa shape index (κ3) is 4.58. The Bertz CT molecular complexity index is 625. The van der Waals surface area contributed by atoms with Crippen molar-refractivity contribution in [2.24, 2.45) is 0 Å². The van der Waals surface area contributed by atoms with Crippen molar-refractivity contribution in [3.05, 3.63) is 71.0 Å². The zero-order valence-electron chi connectivity index (χ0n) is 12.9. The van der Waals surface area contributed by atoms with E-state index in [2.05, 4.69) is 10.6 Å². The Morgan fingerprint density at radius 1 is 1.14 bits per heavy atom. The highest BCUT2D eigenvalue weighted by Gasteiger charge is 2.10. The van der Waals surface area contributed by atoms with Crippen molar-refractivity contribution in [2.45, 2.75) is 26.3 Å². The van der Waals surface area contributed by atoms with Crippen LogP contribution in [0.2, 0.25) is 0 Å². The fourth-order valence-corrected chi connectivity index (χ4v) is 2.37. The SMILES string of the molecule is Cc1ccccc1[C@H](C)NC(=O)NCCc1ccc(F)cc1. The van der Waals surface area contributed by atoms with E-state index in [4.69, 9.17) is 0 Å². The Labute approximate surface area is 130 Å². The number of aryl methyl sites for hydroxylation is 1. The van der Waals surface area contributed by atoms with Crippen molar-refractivity contribution >= 4 is 6.03 Å². The van der Waals surface area contributed by atoms with Gasteiger partial charge in [-0.15, -0.1) is 0 Å². The molecule has 0 spiro atoms. The summed E-state index contributed by atoms with van der Waals surface area (Å²) in [5, 5.41) is 5.74. The van der Waals surface area contributed by atoms with Crippen LogP contribution < -0.4 is 10.6 Å². The van der Waals surface area contributed by atoms with Gasteiger partial charge in [-0.1, -0.05) is 36.4 Å². The summed E-state index contributed by atoms with van der Waals surface area (Å²) in [4.78, 5) is 11.9. The average Bonchev–Trinajstić information content (AvgIpc) is 2.49. The van der Waals surface area contributed by atoms with Gasteiger partial charge < -0.3 is 10.6 Å². The van der Waals surface area contributed by atoms with E-state index in [0.29, 0.717) is 13.0 Å². The van der Waals surface area contributed by atoms with Gasteiger partial charge in [-0.2, -0.15) is 0 Å². The van der Waals surface area contributed by atoms with Crippen molar-refractivity contribution in [1.82, 2.24) is 10.6 Å². The molecule has 0 bridgehead atoms. The summed E-state index contributed by atoms with van der Waals surface area (Å²) >= 11 is 0. The minimum atomic E-state index is -0.249. The van der Waals surface area contributed by atoms with Gasteiger partial charge in [-0.3, -0.25) is 0 Å². The van der Waals surface area contributed by atoms with Gasteiger partial charge in [-0.25, -0.2) is 9.18 Å². The number of rotatable bonds is 5. The molecule has 0 heterocycles. The lowest BCUT2D eigenvalue weighted by molar-refractivity contribution is 0.238. The summed E-state index contributed by atoms with van der Waals surface area (Å²) in [5.41, 5.74) is 3.26. The zero-order chi connectivity index (χ0) is 15.9. The first kappa shape index (κ1) is 16.0. The highest BCUT2D eigenvalue weighted by Crippen LogP contribution is 2.16. The van der Waals surface area contributed by atoms with Crippen LogP contribution in [0.4, 0.5) is 9.18 Å². The van der Waals surface area contributed by atoms with Gasteiger partial charge in [0, 0.05) is 6.54 Å². The Hall–Kier alpha value is -2.36. The molecule has 0 aliphatic carbocycles. The Morgan fingerprint density at radius 2 is 1.82 bits per heavy atom. The molecule has 0 saturated carbocycles. The summed E-state index contributed by atoms with van der Waals surface area (Å²) in [6.07, 6.45) is 0.673. The van der Waals surface area contributed by atoms with Crippen LogP contribution in [-0.4, -0.2) is 12.6 Å². The number of urea groups is 1. The lowest BCUT2D eigenvalue weighted by atomic mass is 10.0. The number of benzene rings is 2. The fourth-order valence-electron chi connectivity index (χ4n) is 2.37. The van der Waals surface area contributed by atoms with E-state index in [1.807, 2.05) is 38.1 Å². The summed E-state index contributed by atoms with van der Waals surface area (Å²) in [5.74, 6) is -0.249. The van der Waals surface area contributed by atoms with E-state index in [1.54, 1.807) is 12.1 Å². The molecule has 2 rings (SSSR count). The predicted molar refractivity (Wildman–Crippen MR) is 86.2 cm³/mol. The molecule has 2 amide bonds. The summed E-state index contributed by atoms with van der Waals surface area (Å²) < 4.78 is 12.8. The third-order valence-corrected chi connectivity index (χ3v) is 3.62. The molecule has 1 atom stereocenters.